The Morgan fingerprint density at radius 1 is 1.15 bits per heavy atom. The van der Waals surface area contributed by atoms with Crippen molar-refractivity contribution in [3.63, 3.8) is 0 Å². The number of ketones is 1. The number of hydrogen-bond acceptors (Lipinski definition) is 12. The molecule has 2 amide bonds. The molecule has 0 radical (unpaired) electrons. The van der Waals surface area contributed by atoms with Crippen molar-refractivity contribution < 1.29 is 48.0 Å². The van der Waals surface area contributed by atoms with Crippen LogP contribution in [-0.2, 0) is 38.1 Å². The Labute approximate surface area is 315 Å². The standard InChI is InChI=1S/C36H62N6O10.CH4/c1-12-28-36(8)31(41(34(47)52-36)16-14-13-15-38-39-37)24(5)42(25(6)43)20-21(2)19-35(7,48-11)29(18-27(44)23(4)32(46)50-28)51-33-30(45)26(40(9)10)17-22(3)49-33;/h21-24,26,28-31,33,45H,12-20H2,1-11H3;1H4/t21-,22-,23-,24-,26?,28-,29-,30?,31-,33+,35-,36-;/m1./s1. The van der Waals surface area contributed by atoms with Crippen LogP contribution in [0.25, 0.3) is 10.4 Å². The molecule has 0 aromatic heterocycles. The number of cyclic esters (lactones) is 1. The number of amides is 2. The first kappa shape index (κ1) is 46.1. The predicted molar refractivity (Wildman–Crippen MR) is 198 cm³/mol. The third kappa shape index (κ3) is 10.6. The third-order valence-electron chi connectivity index (χ3n) is 11.3. The van der Waals surface area contributed by atoms with Gasteiger partial charge < -0.3 is 38.6 Å². The maximum absolute atomic E-state index is 14.0. The zero-order valence-electron chi connectivity index (χ0n) is 32.9. The lowest BCUT2D eigenvalue weighted by Gasteiger charge is -2.46. The van der Waals surface area contributed by atoms with Crippen molar-refractivity contribution in [2.45, 2.75) is 161 Å². The minimum absolute atomic E-state index is 0. The molecule has 12 atom stereocenters. The number of unbranched alkanes of at least 4 members (excludes halogenated alkanes) is 1. The Hall–Kier alpha value is -3.01. The molecule has 3 saturated heterocycles. The minimum atomic E-state index is -1.38. The summed E-state index contributed by atoms with van der Waals surface area (Å²) in [6.07, 6.45) is -2.90. The highest BCUT2D eigenvalue weighted by atomic mass is 16.7. The van der Waals surface area contributed by atoms with Gasteiger partial charge in [0.05, 0.1) is 29.9 Å². The van der Waals surface area contributed by atoms with Crippen molar-refractivity contribution in [3.05, 3.63) is 10.4 Å². The summed E-state index contributed by atoms with van der Waals surface area (Å²) in [4.78, 5) is 62.8. The van der Waals surface area contributed by atoms with E-state index in [0.717, 1.165) is 0 Å². The molecule has 0 bridgehead atoms. The first-order valence-corrected chi connectivity index (χ1v) is 18.6. The molecule has 3 heterocycles. The molecule has 0 spiro atoms. The highest BCUT2D eigenvalue weighted by molar-refractivity contribution is 5.99. The van der Waals surface area contributed by atoms with Gasteiger partial charge >= 0.3 is 12.1 Å². The van der Waals surface area contributed by atoms with Crippen LogP contribution < -0.4 is 0 Å². The van der Waals surface area contributed by atoms with E-state index in [1.807, 2.05) is 46.7 Å². The van der Waals surface area contributed by atoms with Gasteiger partial charge in [0.2, 0.25) is 5.91 Å². The van der Waals surface area contributed by atoms with Crippen LogP contribution in [0.15, 0.2) is 5.11 Å². The number of carbonyl (C=O) groups excluding carboxylic acids is 4. The van der Waals surface area contributed by atoms with E-state index in [1.165, 1.54) is 21.0 Å². The lowest BCUT2D eigenvalue weighted by Crippen LogP contribution is -2.62. The van der Waals surface area contributed by atoms with Gasteiger partial charge in [0.15, 0.2) is 11.9 Å². The summed E-state index contributed by atoms with van der Waals surface area (Å²) in [5.74, 6) is -2.89. The second kappa shape index (κ2) is 19.5. The number of aliphatic hydroxyl groups excluding tert-OH is 1. The fourth-order valence-electron chi connectivity index (χ4n) is 8.22. The lowest BCUT2D eigenvalue weighted by molar-refractivity contribution is -0.289. The Bertz CT molecular complexity index is 1310. The van der Waals surface area contributed by atoms with Gasteiger partial charge in [-0.25, -0.2) is 4.79 Å². The lowest BCUT2D eigenvalue weighted by atomic mass is 9.82. The van der Waals surface area contributed by atoms with E-state index in [-0.39, 0.29) is 63.9 Å². The van der Waals surface area contributed by atoms with E-state index in [2.05, 4.69) is 10.0 Å². The molecule has 0 aromatic carbocycles. The van der Waals surface area contributed by atoms with E-state index in [0.29, 0.717) is 25.7 Å². The summed E-state index contributed by atoms with van der Waals surface area (Å²) >= 11 is 0. The van der Waals surface area contributed by atoms with Crippen LogP contribution in [-0.4, -0.2) is 144 Å². The quantitative estimate of drug-likeness (QED) is 0.0812. The van der Waals surface area contributed by atoms with Gasteiger partial charge in [-0.2, -0.15) is 0 Å². The summed E-state index contributed by atoms with van der Waals surface area (Å²) < 4.78 is 30.9. The number of likely N-dealkylation sites (N-methyl/N-ethyl adjacent to an activating group) is 1. The SMILES string of the molecule is C.CC[C@H]1OC(=O)[C@H](C)C(=O)C[C@@H](O[C@@H]2O[C@H](C)CC(N(C)C)C2O)[C@](C)(OC)C[C@@H](C)CN(C(C)=O)[C@H](C)[C@H]2N(CCCCN=[N+]=[N-])C(=O)O[C@]12C. The van der Waals surface area contributed by atoms with Crippen molar-refractivity contribution in [2.24, 2.45) is 17.0 Å². The number of esters is 1. The maximum Gasteiger partial charge on any atom is 0.410 e. The van der Waals surface area contributed by atoms with Gasteiger partial charge in [-0.1, -0.05) is 26.4 Å². The Kier molecular flexibility index (Phi) is 17.0. The fraction of sp³-hybridized carbons (Fsp3) is 0.892. The molecule has 0 aromatic rings. The Balaban J connectivity index is 0.00000972. The predicted octanol–water partition coefficient (Wildman–Crippen LogP) is 4.70. The molecule has 3 fully saturated rings. The van der Waals surface area contributed by atoms with Crippen LogP contribution >= 0.6 is 0 Å². The monoisotopic (exact) mass is 754 g/mol. The molecule has 0 saturated carbocycles. The number of rotatable bonds is 10. The van der Waals surface area contributed by atoms with Gasteiger partial charge in [-0.05, 0) is 92.3 Å². The number of carbonyl (C=O) groups is 4. The zero-order valence-corrected chi connectivity index (χ0v) is 32.9. The van der Waals surface area contributed by atoms with Gasteiger partial charge in [-0.15, -0.1) is 0 Å². The second-order valence-electron chi connectivity index (χ2n) is 15.5. The molecule has 3 rings (SSSR count). The number of nitrogens with zero attached hydrogens (tertiary/aromatic N) is 6. The molecule has 2 unspecified atom stereocenters. The van der Waals surface area contributed by atoms with E-state index in [1.54, 1.807) is 23.6 Å². The van der Waals surface area contributed by atoms with Crippen LogP contribution in [0.1, 0.15) is 101 Å². The molecular weight excluding hydrogens is 688 g/mol. The molecule has 304 valence electrons. The van der Waals surface area contributed by atoms with Crippen LogP contribution in [0, 0.1) is 11.8 Å². The summed E-state index contributed by atoms with van der Waals surface area (Å²) in [7, 11) is 5.26. The van der Waals surface area contributed by atoms with E-state index in [9.17, 15) is 24.3 Å². The normalized spacial score (nSPS) is 37.4. The fourth-order valence-corrected chi connectivity index (χ4v) is 8.22. The van der Waals surface area contributed by atoms with Crippen LogP contribution in [0.4, 0.5) is 4.79 Å². The molecule has 3 aliphatic heterocycles. The first-order chi connectivity index (χ1) is 24.3. The number of azide groups is 1. The van der Waals surface area contributed by atoms with Crippen molar-refractivity contribution in [2.75, 3.05) is 40.8 Å². The maximum atomic E-state index is 14.0. The topological polar surface area (TPSA) is 193 Å². The number of methoxy groups -OCH3 is 1. The van der Waals surface area contributed by atoms with E-state index in [4.69, 9.17) is 29.2 Å². The molecule has 53 heavy (non-hydrogen) atoms. The number of ether oxygens (including phenoxy) is 5. The Morgan fingerprint density at radius 3 is 2.38 bits per heavy atom. The number of aliphatic hydroxyl groups is 1. The molecule has 1 N–H and O–H groups in total. The van der Waals surface area contributed by atoms with E-state index >= 15 is 0 Å². The molecule has 3 aliphatic rings. The summed E-state index contributed by atoms with van der Waals surface area (Å²) in [6, 6.07) is -1.59. The second-order valence-corrected chi connectivity index (χ2v) is 15.5. The van der Waals surface area contributed by atoms with Crippen molar-refractivity contribution in [1.82, 2.24) is 14.7 Å². The van der Waals surface area contributed by atoms with Crippen LogP contribution in [0.3, 0.4) is 0 Å². The minimum Gasteiger partial charge on any atom is -0.458 e. The van der Waals surface area contributed by atoms with Gasteiger partial charge in [-0.3, -0.25) is 19.3 Å². The van der Waals surface area contributed by atoms with Crippen LogP contribution in [0.5, 0.6) is 0 Å². The van der Waals surface area contributed by atoms with Crippen LogP contribution in [0.2, 0.25) is 0 Å². The Morgan fingerprint density at radius 2 is 1.81 bits per heavy atom. The third-order valence-corrected chi connectivity index (χ3v) is 11.3. The van der Waals surface area contributed by atoms with Crippen molar-refractivity contribution >= 4 is 23.8 Å². The number of hydrogen-bond donors (Lipinski definition) is 1. The van der Waals surface area contributed by atoms with Crippen molar-refractivity contribution in [1.29, 1.82) is 0 Å². The highest BCUT2D eigenvalue weighted by Gasteiger charge is 2.59. The van der Waals surface area contributed by atoms with Crippen molar-refractivity contribution in [3.8, 4) is 0 Å². The zero-order chi connectivity index (χ0) is 39.1. The molecular formula is C37H66N6O10. The summed E-state index contributed by atoms with van der Waals surface area (Å²) in [6.45, 7) is 14.8. The van der Waals surface area contributed by atoms with E-state index < -0.39 is 71.7 Å². The number of Topliss-reactive ketones (excluding diaryl/α,β-unsaturated/α-hetero) is 1. The number of fused-ring (bicyclic) bond motifs is 1. The molecule has 16 heteroatoms. The van der Waals surface area contributed by atoms with Gasteiger partial charge in [0.1, 0.15) is 23.9 Å². The summed E-state index contributed by atoms with van der Waals surface area (Å²) in [5.41, 5.74) is 6.17. The highest BCUT2D eigenvalue weighted by Crippen LogP contribution is 2.41. The largest absolute Gasteiger partial charge is 0.458 e. The average Bonchev–Trinajstić information content (AvgIpc) is 3.34. The summed E-state index contributed by atoms with van der Waals surface area (Å²) in [5, 5.41) is 14.9. The average molecular weight is 755 g/mol. The smallest absolute Gasteiger partial charge is 0.410 e. The van der Waals surface area contributed by atoms with Gasteiger partial charge in [0, 0.05) is 51.0 Å². The molecule has 0 aliphatic carbocycles. The van der Waals surface area contributed by atoms with Gasteiger partial charge in [0.25, 0.3) is 0 Å². The first-order valence-electron chi connectivity index (χ1n) is 18.6. The molecule has 16 nitrogen and oxygen atoms in total.